The second-order valence-corrected chi connectivity index (χ2v) is 4.88. The second kappa shape index (κ2) is 4.71. The number of ether oxygens (including phenoxy) is 1. The molecule has 0 saturated heterocycles. The molecule has 1 aromatic heterocycles. The van der Waals surface area contributed by atoms with Crippen LogP contribution in [0.4, 0.5) is 0 Å². The van der Waals surface area contributed by atoms with E-state index in [2.05, 4.69) is 16.3 Å². The van der Waals surface area contributed by atoms with Gasteiger partial charge in [0.2, 0.25) is 4.80 Å². The van der Waals surface area contributed by atoms with Crippen LogP contribution in [0.2, 0.25) is 0 Å². The summed E-state index contributed by atoms with van der Waals surface area (Å²) in [5.41, 5.74) is 2.05. The molecule has 0 N–H and O–H groups in total. The van der Waals surface area contributed by atoms with Crippen LogP contribution in [0, 0.1) is 0 Å². The molecule has 2 aromatic rings. The van der Waals surface area contributed by atoms with Crippen molar-refractivity contribution in [3.63, 3.8) is 0 Å². The number of aromatic nitrogens is 1. The topological polar surface area (TPSA) is 38.9 Å². The largest absolute Gasteiger partial charge is 0.495 e. The fourth-order valence-electron chi connectivity index (χ4n) is 1.52. The molecule has 0 radical (unpaired) electrons. The smallest absolute Gasteiger partial charge is 0.211 e. The van der Waals surface area contributed by atoms with E-state index in [0.29, 0.717) is 0 Å². The van der Waals surface area contributed by atoms with E-state index in [1.54, 1.807) is 18.4 Å². The summed E-state index contributed by atoms with van der Waals surface area (Å²) in [5.74, 6) is 0.877. The lowest BCUT2D eigenvalue weighted by Crippen LogP contribution is -2.09. The molecule has 90 valence electrons. The van der Waals surface area contributed by atoms with Crippen LogP contribution in [0.3, 0.4) is 0 Å². The Morgan fingerprint density at radius 1 is 1.35 bits per heavy atom. The summed E-state index contributed by atoms with van der Waals surface area (Å²) < 4.78 is 8.46. The normalized spacial score (nSPS) is 11.9. The van der Waals surface area contributed by atoms with Crippen LogP contribution < -0.4 is 9.54 Å². The predicted octanol–water partition coefficient (Wildman–Crippen LogP) is 2.54. The maximum atomic E-state index is 5.34. The molecule has 0 aliphatic rings. The van der Waals surface area contributed by atoms with Crippen LogP contribution in [0.5, 0.6) is 5.75 Å². The van der Waals surface area contributed by atoms with Gasteiger partial charge in [0.05, 0.1) is 17.3 Å². The summed E-state index contributed by atoms with van der Waals surface area (Å²) in [6.07, 6.45) is 0. The molecule has 5 heteroatoms. The SMILES string of the molecule is COc1cccc2c1s/c(=N\N=C(C)C)n2C. The first-order valence-corrected chi connectivity index (χ1v) is 6.12. The molecule has 0 fully saturated rings. The third-order valence-corrected chi connectivity index (χ3v) is 3.51. The zero-order valence-corrected chi connectivity index (χ0v) is 11.2. The predicted molar refractivity (Wildman–Crippen MR) is 71.7 cm³/mol. The van der Waals surface area contributed by atoms with Crippen molar-refractivity contribution in [2.75, 3.05) is 7.11 Å². The molecule has 0 atom stereocenters. The van der Waals surface area contributed by atoms with E-state index < -0.39 is 0 Å². The summed E-state index contributed by atoms with van der Waals surface area (Å²) >= 11 is 1.58. The molecule has 0 bridgehead atoms. The number of nitrogens with zero attached hydrogens (tertiary/aromatic N) is 3. The van der Waals surface area contributed by atoms with Crippen LogP contribution in [0.15, 0.2) is 28.4 Å². The van der Waals surface area contributed by atoms with Crippen molar-refractivity contribution in [2.24, 2.45) is 17.3 Å². The maximum Gasteiger partial charge on any atom is 0.211 e. The third kappa shape index (κ3) is 2.24. The van der Waals surface area contributed by atoms with Crippen LogP contribution in [-0.4, -0.2) is 17.4 Å². The van der Waals surface area contributed by atoms with Gasteiger partial charge in [-0.1, -0.05) is 17.4 Å². The molecule has 0 amide bonds. The van der Waals surface area contributed by atoms with E-state index in [1.165, 1.54) is 0 Å². The van der Waals surface area contributed by atoms with Gasteiger partial charge < -0.3 is 9.30 Å². The summed E-state index contributed by atoms with van der Waals surface area (Å²) in [7, 11) is 3.66. The van der Waals surface area contributed by atoms with Crippen LogP contribution in [0.25, 0.3) is 10.2 Å². The molecule has 0 aliphatic heterocycles. The van der Waals surface area contributed by atoms with E-state index in [0.717, 1.165) is 26.5 Å². The van der Waals surface area contributed by atoms with Gasteiger partial charge in [-0.2, -0.15) is 5.10 Å². The van der Waals surface area contributed by atoms with Gasteiger partial charge in [-0.15, -0.1) is 5.10 Å². The van der Waals surface area contributed by atoms with E-state index in [9.17, 15) is 0 Å². The molecule has 0 saturated carbocycles. The summed E-state index contributed by atoms with van der Waals surface area (Å²) in [6, 6.07) is 5.98. The number of hydrogen-bond donors (Lipinski definition) is 0. The number of rotatable bonds is 2. The van der Waals surface area contributed by atoms with Crippen molar-refractivity contribution in [3.8, 4) is 5.75 Å². The molecular formula is C12H15N3OS. The number of thiazole rings is 1. The van der Waals surface area contributed by atoms with Crippen molar-refractivity contribution in [1.82, 2.24) is 4.57 Å². The Morgan fingerprint density at radius 3 is 2.76 bits per heavy atom. The van der Waals surface area contributed by atoms with Gasteiger partial charge in [0.1, 0.15) is 5.75 Å². The average Bonchev–Trinajstić information content (AvgIpc) is 2.64. The van der Waals surface area contributed by atoms with Gasteiger partial charge in [0.25, 0.3) is 0 Å². The van der Waals surface area contributed by atoms with Crippen molar-refractivity contribution >= 4 is 27.3 Å². The van der Waals surface area contributed by atoms with Crippen molar-refractivity contribution in [3.05, 3.63) is 23.0 Å². The molecular weight excluding hydrogens is 234 g/mol. The van der Waals surface area contributed by atoms with Gasteiger partial charge >= 0.3 is 0 Å². The Morgan fingerprint density at radius 2 is 2.12 bits per heavy atom. The Kier molecular flexibility index (Phi) is 3.28. The van der Waals surface area contributed by atoms with Gasteiger partial charge in [0.15, 0.2) is 0 Å². The van der Waals surface area contributed by atoms with Crippen molar-refractivity contribution in [2.45, 2.75) is 13.8 Å². The van der Waals surface area contributed by atoms with Crippen LogP contribution in [0.1, 0.15) is 13.8 Å². The first-order chi connectivity index (χ1) is 8.13. The quantitative estimate of drug-likeness (QED) is 0.595. The lowest BCUT2D eigenvalue weighted by molar-refractivity contribution is 0.420. The van der Waals surface area contributed by atoms with Crippen molar-refractivity contribution in [1.29, 1.82) is 0 Å². The van der Waals surface area contributed by atoms with Gasteiger partial charge in [-0.05, 0) is 26.0 Å². The Bertz CT molecular complexity index is 633. The number of aryl methyl sites for hydroxylation is 1. The highest BCUT2D eigenvalue weighted by molar-refractivity contribution is 7.16. The van der Waals surface area contributed by atoms with E-state index in [4.69, 9.17) is 4.74 Å². The van der Waals surface area contributed by atoms with Crippen LogP contribution >= 0.6 is 11.3 Å². The highest BCUT2D eigenvalue weighted by atomic mass is 32.1. The molecule has 1 heterocycles. The zero-order valence-electron chi connectivity index (χ0n) is 10.4. The van der Waals surface area contributed by atoms with E-state index >= 15 is 0 Å². The molecule has 0 spiro atoms. The second-order valence-electron chi connectivity index (χ2n) is 3.90. The third-order valence-electron chi connectivity index (χ3n) is 2.36. The minimum Gasteiger partial charge on any atom is -0.495 e. The molecule has 0 aliphatic carbocycles. The standard InChI is InChI=1S/C12H15N3OS/c1-8(2)13-14-12-15(3)9-6-5-7-10(16-4)11(9)17-12/h5-7H,1-4H3/b14-12-. The number of methoxy groups -OCH3 is 1. The molecule has 0 unspecified atom stereocenters. The average molecular weight is 249 g/mol. The van der Waals surface area contributed by atoms with Gasteiger partial charge in [-0.3, -0.25) is 0 Å². The first-order valence-electron chi connectivity index (χ1n) is 5.31. The number of benzene rings is 1. The van der Waals surface area contributed by atoms with E-state index in [1.807, 2.05) is 37.6 Å². The highest BCUT2D eigenvalue weighted by Crippen LogP contribution is 2.27. The fraction of sp³-hybridized carbons (Fsp3) is 0.333. The van der Waals surface area contributed by atoms with E-state index in [-0.39, 0.29) is 0 Å². The molecule has 17 heavy (non-hydrogen) atoms. The summed E-state index contributed by atoms with van der Waals surface area (Å²) in [4.78, 5) is 0.866. The first kappa shape index (κ1) is 11.9. The van der Waals surface area contributed by atoms with Gasteiger partial charge in [0, 0.05) is 12.8 Å². The Labute approximate surface area is 104 Å². The lowest BCUT2D eigenvalue weighted by Gasteiger charge is -2.00. The fourth-order valence-corrected chi connectivity index (χ4v) is 2.59. The minimum absolute atomic E-state index is 0.866. The maximum absolute atomic E-state index is 5.34. The molecule has 1 aromatic carbocycles. The number of hydrogen-bond acceptors (Lipinski definition) is 4. The van der Waals surface area contributed by atoms with Gasteiger partial charge in [-0.25, -0.2) is 0 Å². The Hall–Kier alpha value is -1.62. The summed E-state index contributed by atoms with van der Waals surface area (Å²) in [6.45, 7) is 3.86. The molecule has 2 rings (SSSR count). The number of fused-ring (bicyclic) bond motifs is 1. The molecule has 4 nitrogen and oxygen atoms in total. The minimum atomic E-state index is 0.866. The Balaban J connectivity index is 2.73. The van der Waals surface area contributed by atoms with Crippen LogP contribution in [-0.2, 0) is 7.05 Å². The lowest BCUT2D eigenvalue weighted by atomic mass is 10.3. The monoisotopic (exact) mass is 249 g/mol. The zero-order chi connectivity index (χ0) is 12.4. The summed E-state index contributed by atoms with van der Waals surface area (Å²) in [5, 5.41) is 8.33. The highest BCUT2D eigenvalue weighted by Gasteiger charge is 2.07. The van der Waals surface area contributed by atoms with Crippen molar-refractivity contribution < 1.29 is 4.74 Å².